The third-order valence-electron chi connectivity index (χ3n) is 4.64. The zero-order valence-electron chi connectivity index (χ0n) is 12.6. The second-order valence-corrected chi connectivity index (χ2v) is 6.56. The van der Waals surface area contributed by atoms with Crippen molar-refractivity contribution in [3.05, 3.63) is 30.9 Å². The van der Waals surface area contributed by atoms with Gasteiger partial charge in [-0.05, 0) is 31.1 Å². The van der Waals surface area contributed by atoms with Gasteiger partial charge >= 0.3 is 0 Å². The first kappa shape index (κ1) is 14.3. The van der Waals surface area contributed by atoms with Crippen molar-refractivity contribution in [3.63, 3.8) is 0 Å². The molecule has 2 rings (SSSR count). The minimum Gasteiger partial charge on any atom is -0.381 e. The summed E-state index contributed by atoms with van der Waals surface area (Å²) < 4.78 is 8.03. The lowest BCUT2D eigenvalue weighted by atomic mass is 9.63. The van der Waals surface area contributed by atoms with E-state index in [1.165, 1.54) is 18.4 Å². The number of ether oxygens (including phenoxy) is 1. The normalized spacial score (nSPS) is 30.2. The predicted molar refractivity (Wildman–Crippen MR) is 77.8 cm³/mol. The van der Waals surface area contributed by atoms with Gasteiger partial charge < -0.3 is 9.30 Å². The van der Waals surface area contributed by atoms with Gasteiger partial charge in [-0.25, -0.2) is 4.98 Å². The van der Waals surface area contributed by atoms with Crippen LogP contribution in [0, 0.1) is 17.3 Å². The van der Waals surface area contributed by atoms with Gasteiger partial charge in [0.05, 0.1) is 12.4 Å². The molecule has 1 aliphatic rings. The summed E-state index contributed by atoms with van der Waals surface area (Å²) in [5, 5.41) is 0. The van der Waals surface area contributed by atoms with E-state index in [1.807, 2.05) is 25.8 Å². The molecule has 1 aliphatic carbocycles. The molecule has 0 amide bonds. The molecule has 0 aromatic carbocycles. The fraction of sp³-hybridized carbons (Fsp3) is 0.688. The number of hydrogen-bond donors (Lipinski definition) is 0. The number of hydrogen-bond acceptors (Lipinski definition) is 2. The molecule has 0 N–H and O–H groups in total. The second-order valence-electron chi connectivity index (χ2n) is 6.56. The Morgan fingerprint density at radius 1 is 1.53 bits per heavy atom. The van der Waals surface area contributed by atoms with E-state index in [0.717, 1.165) is 6.54 Å². The molecule has 1 aromatic heterocycles. The first-order chi connectivity index (χ1) is 8.95. The Kier molecular flexibility index (Phi) is 4.14. The van der Waals surface area contributed by atoms with Gasteiger partial charge in [0.1, 0.15) is 0 Å². The lowest BCUT2D eigenvalue weighted by Gasteiger charge is -2.47. The quantitative estimate of drug-likeness (QED) is 0.776. The molecule has 106 valence electrons. The Hall–Kier alpha value is -1.09. The maximum absolute atomic E-state index is 5.87. The van der Waals surface area contributed by atoms with Crippen LogP contribution >= 0.6 is 0 Å². The Morgan fingerprint density at radius 2 is 2.26 bits per heavy atom. The highest BCUT2D eigenvalue weighted by atomic mass is 16.5. The third kappa shape index (κ3) is 2.92. The fourth-order valence-electron chi connectivity index (χ4n) is 3.64. The summed E-state index contributed by atoms with van der Waals surface area (Å²) in [6, 6.07) is 0. The van der Waals surface area contributed by atoms with E-state index in [-0.39, 0.29) is 11.5 Å². The van der Waals surface area contributed by atoms with Gasteiger partial charge in [-0.2, -0.15) is 0 Å². The molecule has 3 unspecified atom stereocenters. The van der Waals surface area contributed by atoms with Crippen LogP contribution in [0.4, 0.5) is 0 Å². The van der Waals surface area contributed by atoms with Gasteiger partial charge in [0.25, 0.3) is 0 Å². The molecule has 0 saturated heterocycles. The summed E-state index contributed by atoms with van der Waals surface area (Å²) in [7, 11) is 1.84. The molecule has 1 fully saturated rings. The topological polar surface area (TPSA) is 27.1 Å². The van der Waals surface area contributed by atoms with Crippen LogP contribution in [0.1, 0.15) is 33.6 Å². The summed E-state index contributed by atoms with van der Waals surface area (Å²) in [5.41, 5.74) is 1.51. The molecule has 1 saturated carbocycles. The van der Waals surface area contributed by atoms with E-state index in [4.69, 9.17) is 4.74 Å². The van der Waals surface area contributed by atoms with Crippen LogP contribution in [0.25, 0.3) is 0 Å². The van der Waals surface area contributed by atoms with Gasteiger partial charge in [-0.3, -0.25) is 0 Å². The largest absolute Gasteiger partial charge is 0.381 e. The first-order valence-corrected chi connectivity index (χ1v) is 7.09. The molecule has 1 heterocycles. The third-order valence-corrected chi connectivity index (χ3v) is 4.64. The highest BCUT2D eigenvalue weighted by molar-refractivity contribution is 5.06. The average molecular weight is 262 g/mol. The van der Waals surface area contributed by atoms with Crippen molar-refractivity contribution >= 4 is 0 Å². The van der Waals surface area contributed by atoms with Crippen molar-refractivity contribution < 1.29 is 4.74 Å². The molecule has 0 radical (unpaired) electrons. The number of rotatable bonds is 4. The summed E-state index contributed by atoms with van der Waals surface area (Å²) in [4.78, 5) is 4.14. The van der Waals surface area contributed by atoms with Crippen molar-refractivity contribution in [3.8, 4) is 0 Å². The van der Waals surface area contributed by atoms with Crippen LogP contribution < -0.4 is 0 Å². The molecular weight excluding hydrogens is 236 g/mol. The van der Waals surface area contributed by atoms with E-state index in [2.05, 4.69) is 36.9 Å². The lowest BCUT2D eigenvalue weighted by molar-refractivity contribution is -0.0836. The Bertz CT molecular complexity index is 422. The highest BCUT2D eigenvalue weighted by Crippen LogP contribution is 2.46. The summed E-state index contributed by atoms with van der Waals surface area (Å²) in [6.45, 7) is 11.9. The number of methoxy groups -OCH3 is 1. The Morgan fingerprint density at radius 3 is 2.79 bits per heavy atom. The summed E-state index contributed by atoms with van der Waals surface area (Å²) >= 11 is 0. The summed E-state index contributed by atoms with van der Waals surface area (Å²) in [6.07, 6.45) is 8.44. The molecule has 3 nitrogen and oxygen atoms in total. The highest BCUT2D eigenvalue weighted by Gasteiger charge is 2.44. The molecule has 1 aromatic rings. The Labute approximate surface area is 116 Å². The van der Waals surface area contributed by atoms with Crippen LogP contribution in [-0.2, 0) is 11.3 Å². The standard InChI is InChI=1S/C16H26N2O/c1-12(2)13-6-7-16(3,4)15(19-5)14(13)10-18-9-8-17-11-18/h8-9,11,13-15H,1,6-7,10H2,2-5H3. The van der Waals surface area contributed by atoms with Gasteiger partial charge in [-0.1, -0.05) is 26.0 Å². The van der Waals surface area contributed by atoms with Crippen LogP contribution in [0.5, 0.6) is 0 Å². The molecule has 0 spiro atoms. The van der Waals surface area contributed by atoms with Gasteiger partial charge in [0.15, 0.2) is 0 Å². The van der Waals surface area contributed by atoms with E-state index >= 15 is 0 Å². The van der Waals surface area contributed by atoms with E-state index in [1.54, 1.807) is 0 Å². The van der Waals surface area contributed by atoms with Crippen LogP contribution in [0.2, 0.25) is 0 Å². The number of aromatic nitrogens is 2. The molecule has 0 aliphatic heterocycles. The predicted octanol–water partition coefficient (Wildman–Crippen LogP) is 3.53. The minimum absolute atomic E-state index is 0.228. The van der Waals surface area contributed by atoms with Crippen molar-refractivity contribution in [2.75, 3.05) is 7.11 Å². The smallest absolute Gasteiger partial charge is 0.0946 e. The fourth-order valence-corrected chi connectivity index (χ4v) is 3.64. The molecular formula is C16H26N2O. The van der Waals surface area contributed by atoms with Crippen LogP contribution in [-0.4, -0.2) is 22.8 Å². The Balaban J connectivity index is 2.26. The van der Waals surface area contributed by atoms with Crippen molar-refractivity contribution in [2.24, 2.45) is 17.3 Å². The average Bonchev–Trinajstić information content (AvgIpc) is 2.81. The van der Waals surface area contributed by atoms with Crippen LogP contribution in [0.15, 0.2) is 30.9 Å². The van der Waals surface area contributed by atoms with Gasteiger partial charge in [0, 0.05) is 32.0 Å². The zero-order chi connectivity index (χ0) is 14.0. The van der Waals surface area contributed by atoms with Crippen molar-refractivity contribution in [1.29, 1.82) is 0 Å². The van der Waals surface area contributed by atoms with E-state index < -0.39 is 0 Å². The van der Waals surface area contributed by atoms with E-state index in [0.29, 0.717) is 11.8 Å². The SMILES string of the molecule is C=C(C)C1CCC(C)(C)C(OC)C1Cn1ccnc1. The molecule has 0 bridgehead atoms. The second kappa shape index (κ2) is 5.49. The monoisotopic (exact) mass is 262 g/mol. The van der Waals surface area contributed by atoms with Gasteiger partial charge in [0.2, 0.25) is 0 Å². The zero-order valence-corrected chi connectivity index (χ0v) is 12.6. The molecule has 19 heavy (non-hydrogen) atoms. The van der Waals surface area contributed by atoms with Crippen molar-refractivity contribution in [1.82, 2.24) is 9.55 Å². The molecule has 3 atom stereocenters. The van der Waals surface area contributed by atoms with Gasteiger partial charge in [-0.15, -0.1) is 0 Å². The maximum atomic E-state index is 5.87. The number of imidazole rings is 1. The maximum Gasteiger partial charge on any atom is 0.0946 e. The number of nitrogens with zero attached hydrogens (tertiary/aromatic N) is 2. The van der Waals surface area contributed by atoms with Crippen molar-refractivity contribution in [2.45, 2.75) is 46.3 Å². The summed E-state index contributed by atoms with van der Waals surface area (Å²) in [5.74, 6) is 1.01. The minimum atomic E-state index is 0.228. The van der Waals surface area contributed by atoms with E-state index in [9.17, 15) is 0 Å². The first-order valence-electron chi connectivity index (χ1n) is 7.09. The molecule has 3 heteroatoms. The lowest BCUT2D eigenvalue weighted by Crippen LogP contribution is -2.47. The number of allylic oxidation sites excluding steroid dienone is 1. The van der Waals surface area contributed by atoms with Crippen LogP contribution in [0.3, 0.4) is 0 Å².